The monoisotopic (exact) mass is 326 g/mol. The van der Waals surface area contributed by atoms with Crippen molar-refractivity contribution < 1.29 is 0 Å². The summed E-state index contributed by atoms with van der Waals surface area (Å²) < 4.78 is 3.05. The number of aryl methyl sites for hydroxylation is 2. The number of aromatic nitrogens is 3. The molecule has 0 aliphatic carbocycles. The van der Waals surface area contributed by atoms with Crippen LogP contribution in [0, 0.1) is 0 Å². The maximum absolute atomic E-state index is 5.56. The highest BCUT2D eigenvalue weighted by Crippen LogP contribution is 2.28. The molecule has 2 N–H and O–H groups in total. The highest BCUT2D eigenvalue weighted by Gasteiger charge is 2.12. The number of halogens is 1. The molecule has 0 aliphatic heterocycles. The van der Waals surface area contributed by atoms with Crippen molar-refractivity contribution in [2.75, 3.05) is 5.73 Å². The molecule has 4 nitrogen and oxygen atoms in total. The fourth-order valence-electron chi connectivity index (χ4n) is 1.61. The van der Waals surface area contributed by atoms with Gasteiger partial charge in [0.05, 0.1) is 15.9 Å². The SMILES string of the molecule is CCc1nn(C)c(CSc2ccc(N)nc2)c1Br. The van der Waals surface area contributed by atoms with Crippen molar-refractivity contribution in [1.82, 2.24) is 14.8 Å². The van der Waals surface area contributed by atoms with E-state index in [1.807, 2.05) is 23.9 Å². The van der Waals surface area contributed by atoms with Gasteiger partial charge in [0.15, 0.2) is 0 Å². The minimum absolute atomic E-state index is 0.550. The molecular weight excluding hydrogens is 312 g/mol. The van der Waals surface area contributed by atoms with Gasteiger partial charge in [-0.3, -0.25) is 4.68 Å². The van der Waals surface area contributed by atoms with Crippen LogP contribution in [0.5, 0.6) is 0 Å². The van der Waals surface area contributed by atoms with Crippen molar-refractivity contribution >= 4 is 33.5 Å². The van der Waals surface area contributed by atoms with Crippen molar-refractivity contribution in [3.8, 4) is 0 Å². The number of nitrogen functional groups attached to an aromatic ring is 1. The van der Waals surface area contributed by atoms with E-state index >= 15 is 0 Å². The zero-order valence-corrected chi connectivity index (χ0v) is 12.8. The highest BCUT2D eigenvalue weighted by atomic mass is 79.9. The molecule has 0 fully saturated rings. The van der Waals surface area contributed by atoms with Crippen LogP contribution in [0.25, 0.3) is 0 Å². The van der Waals surface area contributed by atoms with Crippen molar-refractivity contribution in [3.05, 3.63) is 34.2 Å². The molecule has 0 bridgehead atoms. The lowest BCUT2D eigenvalue weighted by Gasteiger charge is -2.03. The van der Waals surface area contributed by atoms with E-state index in [-0.39, 0.29) is 0 Å². The summed E-state index contributed by atoms with van der Waals surface area (Å²) in [6.45, 7) is 2.11. The average Bonchev–Trinajstić information content (AvgIpc) is 2.64. The van der Waals surface area contributed by atoms with E-state index in [1.54, 1.807) is 18.0 Å². The van der Waals surface area contributed by atoms with E-state index < -0.39 is 0 Å². The lowest BCUT2D eigenvalue weighted by molar-refractivity contribution is 0.719. The molecule has 2 rings (SSSR count). The molecule has 2 aromatic rings. The van der Waals surface area contributed by atoms with Gasteiger partial charge in [0, 0.05) is 23.9 Å². The third-order valence-corrected chi connectivity index (χ3v) is 4.55. The van der Waals surface area contributed by atoms with Gasteiger partial charge in [-0.15, -0.1) is 11.8 Å². The van der Waals surface area contributed by atoms with Crippen molar-refractivity contribution in [2.45, 2.75) is 24.0 Å². The Bertz CT molecular complexity index is 536. The van der Waals surface area contributed by atoms with E-state index in [0.717, 1.165) is 27.2 Å². The summed E-state index contributed by atoms with van der Waals surface area (Å²) in [5.41, 5.74) is 7.85. The second-order valence-corrected chi connectivity index (χ2v) is 5.73. The van der Waals surface area contributed by atoms with Gasteiger partial charge in [-0.2, -0.15) is 5.10 Å². The maximum Gasteiger partial charge on any atom is 0.123 e. The second-order valence-electron chi connectivity index (χ2n) is 3.89. The Labute approximate surface area is 119 Å². The Hall–Kier alpha value is -1.01. The highest BCUT2D eigenvalue weighted by molar-refractivity contribution is 9.10. The van der Waals surface area contributed by atoms with Crippen LogP contribution in [-0.2, 0) is 19.2 Å². The van der Waals surface area contributed by atoms with Gasteiger partial charge in [-0.1, -0.05) is 6.92 Å². The first-order valence-electron chi connectivity index (χ1n) is 5.66. The van der Waals surface area contributed by atoms with Crippen molar-refractivity contribution in [3.63, 3.8) is 0 Å². The van der Waals surface area contributed by atoms with Gasteiger partial charge in [0.1, 0.15) is 5.82 Å². The van der Waals surface area contributed by atoms with Crippen molar-refractivity contribution in [1.29, 1.82) is 0 Å². The number of hydrogen-bond acceptors (Lipinski definition) is 4. The number of nitrogens with zero attached hydrogens (tertiary/aromatic N) is 3. The molecule has 0 amide bonds. The summed E-state index contributed by atoms with van der Waals surface area (Å²) in [4.78, 5) is 5.19. The van der Waals surface area contributed by atoms with Gasteiger partial charge >= 0.3 is 0 Å². The van der Waals surface area contributed by atoms with Crippen LogP contribution in [0.4, 0.5) is 5.82 Å². The van der Waals surface area contributed by atoms with Gasteiger partial charge in [0.25, 0.3) is 0 Å². The van der Waals surface area contributed by atoms with Crippen LogP contribution in [0.15, 0.2) is 27.7 Å². The predicted octanol–water partition coefficient (Wildman–Crippen LogP) is 3.01. The molecule has 0 spiro atoms. The first-order chi connectivity index (χ1) is 8.61. The smallest absolute Gasteiger partial charge is 0.123 e. The van der Waals surface area contributed by atoms with E-state index in [4.69, 9.17) is 5.73 Å². The maximum atomic E-state index is 5.56. The molecule has 18 heavy (non-hydrogen) atoms. The lowest BCUT2D eigenvalue weighted by Crippen LogP contribution is -1.97. The van der Waals surface area contributed by atoms with Crippen LogP contribution >= 0.6 is 27.7 Å². The summed E-state index contributed by atoms with van der Waals surface area (Å²) in [5, 5.41) is 4.48. The molecule has 0 radical (unpaired) electrons. The molecule has 0 unspecified atom stereocenters. The van der Waals surface area contributed by atoms with Crippen LogP contribution in [0.2, 0.25) is 0 Å². The Morgan fingerprint density at radius 2 is 2.22 bits per heavy atom. The number of rotatable bonds is 4. The fourth-order valence-corrected chi connectivity index (χ4v) is 3.47. The zero-order chi connectivity index (χ0) is 13.1. The second kappa shape index (κ2) is 5.75. The first-order valence-corrected chi connectivity index (χ1v) is 7.44. The minimum atomic E-state index is 0.550. The Kier molecular flexibility index (Phi) is 4.29. The Morgan fingerprint density at radius 1 is 1.44 bits per heavy atom. The third kappa shape index (κ3) is 2.87. The standard InChI is InChI=1S/C12H15BrN4S/c1-3-9-12(13)10(17(2)16-9)7-18-8-4-5-11(14)15-6-8/h4-6H,3,7H2,1-2H3,(H2,14,15). The van der Waals surface area contributed by atoms with Crippen molar-refractivity contribution in [2.24, 2.45) is 7.05 Å². The average molecular weight is 327 g/mol. The van der Waals surface area contributed by atoms with Crippen LogP contribution in [0.3, 0.4) is 0 Å². The van der Waals surface area contributed by atoms with Gasteiger partial charge in [-0.05, 0) is 34.5 Å². The summed E-state index contributed by atoms with van der Waals surface area (Å²) in [5.74, 6) is 1.41. The lowest BCUT2D eigenvalue weighted by atomic mass is 10.3. The zero-order valence-electron chi connectivity index (χ0n) is 10.4. The summed E-state index contributed by atoms with van der Waals surface area (Å²) in [6, 6.07) is 3.80. The summed E-state index contributed by atoms with van der Waals surface area (Å²) in [7, 11) is 1.97. The minimum Gasteiger partial charge on any atom is -0.384 e. The largest absolute Gasteiger partial charge is 0.384 e. The summed E-state index contributed by atoms with van der Waals surface area (Å²) >= 11 is 5.34. The fraction of sp³-hybridized carbons (Fsp3) is 0.333. The summed E-state index contributed by atoms with van der Waals surface area (Å²) in [6.07, 6.45) is 2.73. The molecule has 0 atom stereocenters. The normalized spacial score (nSPS) is 10.8. The van der Waals surface area contributed by atoms with Gasteiger partial charge in [-0.25, -0.2) is 4.98 Å². The van der Waals surface area contributed by atoms with Gasteiger partial charge in [0.2, 0.25) is 0 Å². The molecule has 2 aromatic heterocycles. The molecule has 0 saturated heterocycles. The molecule has 96 valence electrons. The predicted molar refractivity (Wildman–Crippen MR) is 78.5 cm³/mol. The Morgan fingerprint density at radius 3 is 2.78 bits per heavy atom. The van der Waals surface area contributed by atoms with Crippen LogP contribution < -0.4 is 5.73 Å². The quantitative estimate of drug-likeness (QED) is 0.877. The molecule has 0 aromatic carbocycles. The topological polar surface area (TPSA) is 56.7 Å². The van der Waals surface area contributed by atoms with Crippen LogP contribution in [0.1, 0.15) is 18.3 Å². The number of pyridine rings is 1. The first kappa shape index (κ1) is 13.4. The molecule has 0 saturated carbocycles. The number of nitrogens with two attached hydrogens (primary N) is 1. The molecule has 2 heterocycles. The van der Waals surface area contributed by atoms with Gasteiger partial charge < -0.3 is 5.73 Å². The molecule has 0 aliphatic rings. The number of thioether (sulfide) groups is 1. The Balaban J connectivity index is 2.10. The van der Waals surface area contributed by atoms with E-state index in [2.05, 4.69) is 32.9 Å². The van der Waals surface area contributed by atoms with E-state index in [1.165, 1.54) is 5.69 Å². The van der Waals surface area contributed by atoms with E-state index in [9.17, 15) is 0 Å². The number of anilines is 1. The number of hydrogen-bond donors (Lipinski definition) is 1. The third-order valence-electron chi connectivity index (χ3n) is 2.64. The molecular formula is C12H15BrN4S. The molecule has 6 heteroatoms. The van der Waals surface area contributed by atoms with Crippen LogP contribution in [-0.4, -0.2) is 14.8 Å². The van der Waals surface area contributed by atoms with E-state index in [0.29, 0.717) is 5.82 Å².